The van der Waals surface area contributed by atoms with Gasteiger partial charge in [0.05, 0.1) is 12.0 Å². The predicted molar refractivity (Wildman–Crippen MR) is 60.5 cm³/mol. The molecule has 0 bridgehead atoms. The molecule has 86 valence electrons. The third-order valence-electron chi connectivity index (χ3n) is 2.02. The monoisotopic (exact) mass is 284 g/mol. The first-order valence-corrected chi connectivity index (χ1v) is 5.50. The van der Waals surface area contributed by atoms with Gasteiger partial charge in [0.15, 0.2) is 0 Å². The number of halogens is 1. The topological polar surface area (TPSA) is 69.2 Å². The van der Waals surface area contributed by atoms with Gasteiger partial charge < -0.3 is 15.2 Å². The second kappa shape index (κ2) is 5.65. The lowest BCUT2D eigenvalue weighted by Gasteiger charge is -2.18. The summed E-state index contributed by atoms with van der Waals surface area (Å²) in [5, 5.41) is 13.1. The number of hydrogen-bond acceptors (Lipinski definition) is 3. The Morgan fingerprint density at radius 1 is 1.38 bits per heavy atom. The number of nitrogens with one attached hydrogen (secondary N) is 1. The van der Waals surface area contributed by atoms with Crippen molar-refractivity contribution in [3.05, 3.63) is 34.3 Å². The number of hydrogen-bond donors (Lipinski definition) is 1. The van der Waals surface area contributed by atoms with Crippen molar-refractivity contribution in [2.24, 2.45) is 0 Å². The lowest BCUT2D eigenvalue weighted by atomic mass is 10.1. The minimum atomic E-state index is -1.28. The number of carboxylic acid groups (broad SMARTS) is 1. The van der Waals surface area contributed by atoms with E-state index in [2.05, 4.69) is 21.2 Å². The molecule has 0 saturated carbocycles. The first-order valence-electron chi connectivity index (χ1n) is 4.71. The van der Waals surface area contributed by atoms with Gasteiger partial charge in [0, 0.05) is 11.4 Å². The van der Waals surface area contributed by atoms with Crippen molar-refractivity contribution in [1.29, 1.82) is 0 Å². The lowest BCUT2D eigenvalue weighted by Crippen LogP contribution is -2.48. The summed E-state index contributed by atoms with van der Waals surface area (Å²) in [5.74, 6) is -1.66. The summed E-state index contributed by atoms with van der Waals surface area (Å²) >= 11 is 3.28. The van der Waals surface area contributed by atoms with Crippen molar-refractivity contribution in [3.63, 3.8) is 0 Å². The largest absolute Gasteiger partial charge is 0.548 e. The van der Waals surface area contributed by atoms with Crippen LogP contribution < -0.4 is 10.4 Å². The number of carbonyl (C=O) groups is 2. The molecule has 1 aromatic rings. The van der Waals surface area contributed by atoms with Gasteiger partial charge in [-0.25, -0.2) is 0 Å². The first-order chi connectivity index (χ1) is 7.49. The summed E-state index contributed by atoms with van der Waals surface area (Å²) in [5.41, 5.74) is 0.825. The second-order valence-electron chi connectivity index (χ2n) is 3.40. The van der Waals surface area contributed by atoms with Crippen molar-refractivity contribution in [2.45, 2.75) is 19.4 Å². The van der Waals surface area contributed by atoms with E-state index in [-0.39, 0.29) is 12.3 Å². The standard InChI is InChI=1S/C11H12BrNO3/c1-7(14)13-10(11(15)16)6-8-2-4-9(12)5-3-8/h2-5,10H,6H2,1H3,(H,13,14)(H,15,16)/p-1/t10-/m1/s1. The summed E-state index contributed by atoms with van der Waals surface area (Å²) in [7, 11) is 0. The van der Waals surface area contributed by atoms with Gasteiger partial charge in [-0.3, -0.25) is 4.79 Å². The van der Waals surface area contributed by atoms with Crippen LogP contribution in [-0.4, -0.2) is 17.9 Å². The maximum Gasteiger partial charge on any atom is 0.217 e. The number of rotatable bonds is 4. The summed E-state index contributed by atoms with van der Waals surface area (Å²) < 4.78 is 0.917. The lowest BCUT2D eigenvalue weighted by molar-refractivity contribution is -0.308. The Morgan fingerprint density at radius 3 is 2.38 bits per heavy atom. The third kappa shape index (κ3) is 4.02. The highest BCUT2D eigenvalue weighted by molar-refractivity contribution is 9.10. The van der Waals surface area contributed by atoms with Gasteiger partial charge in [-0.1, -0.05) is 28.1 Å². The van der Waals surface area contributed by atoms with Crippen LogP contribution in [0.5, 0.6) is 0 Å². The van der Waals surface area contributed by atoms with Gasteiger partial charge in [0.2, 0.25) is 5.91 Å². The van der Waals surface area contributed by atoms with Crippen LogP contribution in [0.15, 0.2) is 28.7 Å². The summed E-state index contributed by atoms with van der Waals surface area (Å²) in [4.78, 5) is 21.6. The summed E-state index contributed by atoms with van der Waals surface area (Å²) in [6.45, 7) is 1.28. The molecule has 16 heavy (non-hydrogen) atoms. The molecule has 5 heteroatoms. The molecular weight excluding hydrogens is 274 g/mol. The molecule has 1 aromatic carbocycles. The van der Waals surface area contributed by atoms with Gasteiger partial charge in [0.1, 0.15) is 0 Å². The fourth-order valence-electron chi connectivity index (χ4n) is 1.29. The summed E-state index contributed by atoms with van der Waals surface area (Å²) in [6.07, 6.45) is 0.217. The van der Waals surface area contributed by atoms with Crippen LogP contribution in [0.25, 0.3) is 0 Å². The molecule has 0 unspecified atom stereocenters. The van der Waals surface area contributed by atoms with Crippen LogP contribution in [0.1, 0.15) is 12.5 Å². The molecule has 0 heterocycles. The molecule has 0 aromatic heterocycles. The maximum atomic E-state index is 10.8. The molecule has 1 amide bonds. The fraction of sp³-hybridized carbons (Fsp3) is 0.273. The van der Waals surface area contributed by atoms with Gasteiger partial charge >= 0.3 is 0 Å². The van der Waals surface area contributed by atoms with E-state index in [1.807, 2.05) is 12.1 Å². The van der Waals surface area contributed by atoms with Crippen LogP contribution >= 0.6 is 15.9 Å². The molecule has 1 N–H and O–H groups in total. The molecular formula is C11H11BrNO3-. The van der Waals surface area contributed by atoms with Crippen LogP contribution in [0.4, 0.5) is 0 Å². The fourth-order valence-corrected chi connectivity index (χ4v) is 1.56. The average molecular weight is 285 g/mol. The van der Waals surface area contributed by atoms with E-state index in [4.69, 9.17) is 0 Å². The Kier molecular flexibility index (Phi) is 4.49. The highest BCUT2D eigenvalue weighted by atomic mass is 79.9. The molecule has 0 radical (unpaired) electrons. The molecule has 0 fully saturated rings. The zero-order valence-corrected chi connectivity index (χ0v) is 10.3. The molecule has 1 atom stereocenters. The van der Waals surface area contributed by atoms with Crippen molar-refractivity contribution in [3.8, 4) is 0 Å². The van der Waals surface area contributed by atoms with Crippen LogP contribution in [0, 0.1) is 0 Å². The zero-order valence-electron chi connectivity index (χ0n) is 8.70. The van der Waals surface area contributed by atoms with Gasteiger partial charge in [-0.05, 0) is 24.1 Å². The van der Waals surface area contributed by atoms with Crippen LogP contribution in [0.2, 0.25) is 0 Å². The van der Waals surface area contributed by atoms with Crippen molar-refractivity contribution in [2.75, 3.05) is 0 Å². The van der Waals surface area contributed by atoms with Gasteiger partial charge in [-0.2, -0.15) is 0 Å². The van der Waals surface area contributed by atoms with Crippen molar-refractivity contribution in [1.82, 2.24) is 5.32 Å². The normalized spacial score (nSPS) is 11.9. The highest BCUT2D eigenvalue weighted by Gasteiger charge is 2.11. The van der Waals surface area contributed by atoms with E-state index < -0.39 is 12.0 Å². The Morgan fingerprint density at radius 2 is 1.94 bits per heavy atom. The zero-order chi connectivity index (χ0) is 12.1. The molecule has 0 saturated heterocycles. The van der Waals surface area contributed by atoms with E-state index in [9.17, 15) is 14.7 Å². The van der Waals surface area contributed by atoms with E-state index >= 15 is 0 Å². The van der Waals surface area contributed by atoms with E-state index in [1.165, 1.54) is 6.92 Å². The van der Waals surface area contributed by atoms with Crippen molar-refractivity contribution >= 4 is 27.8 Å². The quantitative estimate of drug-likeness (QED) is 0.862. The van der Waals surface area contributed by atoms with E-state index in [1.54, 1.807) is 12.1 Å². The number of benzene rings is 1. The molecule has 0 aliphatic carbocycles. The highest BCUT2D eigenvalue weighted by Crippen LogP contribution is 2.11. The van der Waals surface area contributed by atoms with Crippen LogP contribution in [-0.2, 0) is 16.0 Å². The minimum Gasteiger partial charge on any atom is -0.548 e. The summed E-state index contributed by atoms with van der Waals surface area (Å²) in [6, 6.07) is 6.23. The Balaban J connectivity index is 2.71. The number of amides is 1. The molecule has 0 spiro atoms. The Hall–Kier alpha value is -1.36. The maximum absolute atomic E-state index is 10.8. The Bertz CT molecular complexity index is 389. The molecule has 4 nitrogen and oxygen atoms in total. The molecule has 1 rings (SSSR count). The van der Waals surface area contributed by atoms with Crippen LogP contribution in [0.3, 0.4) is 0 Å². The second-order valence-corrected chi connectivity index (χ2v) is 4.32. The first kappa shape index (κ1) is 12.7. The Labute approximate surface area is 102 Å². The minimum absolute atomic E-state index is 0.217. The van der Waals surface area contributed by atoms with Gasteiger partial charge in [0.25, 0.3) is 0 Å². The average Bonchev–Trinajstić information content (AvgIpc) is 2.19. The smallest absolute Gasteiger partial charge is 0.217 e. The van der Waals surface area contributed by atoms with Gasteiger partial charge in [-0.15, -0.1) is 0 Å². The van der Waals surface area contributed by atoms with Crippen molar-refractivity contribution < 1.29 is 14.7 Å². The van der Waals surface area contributed by atoms with E-state index in [0.717, 1.165) is 10.0 Å². The third-order valence-corrected chi connectivity index (χ3v) is 2.54. The number of aliphatic carboxylic acids is 1. The SMILES string of the molecule is CC(=O)N[C@H](Cc1ccc(Br)cc1)C(=O)[O-]. The van der Waals surface area contributed by atoms with E-state index in [0.29, 0.717) is 0 Å². The number of carboxylic acids is 1. The molecule has 0 aliphatic heterocycles. The number of carbonyl (C=O) groups excluding carboxylic acids is 2. The predicted octanol–water partition coefficient (Wildman–Crippen LogP) is 0.246. The molecule has 0 aliphatic rings.